The van der Waals surface area contributed by atoms with E-state index in [0.717, 1.165) is 18.4 Å². The molecule has 0 aromatic heterocycles. The van der Waals surface area contributed by atoms with E-state index in [4.69, 9.17) is 11.6 Å². The molecule has 7 heteroatoms. The molecule has 1 saturated carbocycles. The molecule has 1 aliphatic rings. The van der Waals surface area contributed by atoms with Crippen LogP contribution < -0.4 is 10.0 Å². The molecule has 0 unspecified atom stereocenters. The van der Waals surface area contributed by atoms with E-state index in [2.05, 4.69) is 10.0 Å². The van der Waals surface area contributed by atoms with Crippen molar-refractivity contribution in [2.75, 3.05) is 11.3 Å². The van der Waals surface area contributed by atoms with Gasteiger partial charge in [0.2, 0.25) is 0 Å². The highest BCUT2D eigenvalue weighted by atomic mass is 35.5. The maximum absolute atomic E-state index is 12.6. The molecule has 0 atom stereocenters. The summed E-state index contributed by atoms with van der Waals surface area (Å²) >= 11 is 6.18. The number of carbonyl (C=O) groups is 1. The topological polar surface area (TPSA) is 75.3 Å². The van der Waals surface area contributed by atoms with E-state index in [1.165, 1.54) is 31.4 Å². The molecule has 150 valence electrons. The molecule has 28 heavy (non-hydrogen) atoms. The molecule has 0 heterocycles. The molecular formula is C21H25ClN2O3S. The van der Waals surface area contributed by atoms with Crippen LogP contribution in [0.2, 0.25) is 5.02 Å². The number of carbonyl (C=O) groups excluding carboxylic acids is 1. The van der Waals surface area contributed by atoms with Crippen molar-refractivity contribution in [3.05, 3.63) is 58.6 Å². The van der Waals surface area contributed by atoms with Crippen LogP contribution >= 0.6 is 11.6 Å². The Morgan fingerprint density at radius 1 is 1.07 bits per heavy atom. The van der Waals surface area contributed by atoms with Gasteiger partial charge in [-0.15, -0.1) is 0 Å². The zero-order valence-corrected chi connectivity index (χ0v) is 17.4. The molecule has 2 aromatic rings. The van der Waals surface area contributed by atoms with E-state index >= 15 is 0 Å². The summed E-state index contributed by atoms with van der Waals surface area (Å²) in [5, 5.41) is 3.23. The largest absolute Gasteiger partial charge is 0.352 e. The Kier molecular flexibility index (Phi) is 6.62. The van der Waals surface area contributed by atoms with Gasteiger partial charge in [0.1, 0.15) is 0 Å². The lowest BCUT2D eigenvalue weighted by atomic mass is 9.89. The predicted octanol–water partition coefficient (Wildman–Crippen LogP) is 4.76. The summed E-state index contributed by atoms with van der Waals surface area (Å²) in [6.45, 7) is 2.51. The fourth-order valence-corrected chi connectivity index (χ4v) is 4.67. The van der Waals surface area contributed by atoms with Crippen molar-refractivity contribution >= 4 is 33.2 Å². The summed E-state index contributed by atoms with van der Waals surface area (Å²) in [7, 11) is -3.74. The maximum atomic E-state index is 12.6. The minimum atomic E-state index is -3.74. The molecule has 0 radical (unpaired) electrons. The first kappa shape index (κ1) is 20.7. The highest BCUT2D eigenvalue weighted by Gasteiger charge is 2.18. The van der Waals surface area contributed by atoms with Crippen molar-refractivity contribution < 1.29 is 13.2 Å². The zero-order valence-electron chi connectivity index (χ0n) is 15.9. The van der Waals surface area contributed by atoms with E-state index in [1.54, 1.807) is 30.3 Å². The zero-order chi connectivity index (χ0) is 20.1. The van der Waals surface area contributed by atoms with Gasteiger partial charge in [-0.3, -0.25) is 9.52 Å². The number of halogens is 1. The molecule has 1 aliphatic carbocycles. The fraction of sp³-hybridized carbons (Fsp3) is 0.381. The highest BCUT2D eigenvalue weighted by molar-refractivity contribution is 7.92. The van der Waals surface area contributed by atoms with Crippen molar-refractivity contribution in [3.63, 3.8) is 0 Å². The summed E-state index contributed by atoms with van der Waals surface area (Å²) < 4.78 is 27.6. The Morgan fingerprint density at radius 3 is 2.43 bits per heavy atom. The number of nitrogens with one attached hydrogen (secondary N) is 2. The van der Waals surface area contributed by atoms with Crippen LogP contribution in [0.3, 0.4) is 0 Å². The van der Waals surface area contributed by atoms with Gasteiger partial charge >= 0.3 is 0 Å². The van der Waals surface area contributed by atoms with E-state index < -0.39 is 10.0 Å². The van der Waals surface area contributed by atoms with Crippen molar-refractivity contribution in [2.45, 2.75) is 43.9 Å². The second kappa shape index (κ2) is 8.97. The van der Waals surface area contributed by atoms with Gasteiger partial charge in [-0.25, -0.2) is 8.42 Å². The van der Waals surface area contributed by atoms with E-state index in [-0.39, 0.29) is 16.4 Å². The van der Waals surface area contributed by atoms with Crippen LogP contribution in [0.4, 0.5) is 5.69 Å². The van der Waals surface area contributed by atoms with Crippen molar-refractivity contribution in [3.8, 4) is 0 Å². The highest BCUT2D eigenvalue weighted by Crippen LogP contribution is 2.25. The van der Waals surface area contributed by atoms with Crippen molar-refractivity contribution in [1.82, 2.24) is 5.32 Å². The van der Waals surface area contributed by atoms with Gasteiger partial charge in [-0.05, 0) is 56.0 Å². The molecule has 5 nitrogen and oxygen atoms in total. The Hall–Kier alpha value is -2.05. The smallest absolute Gasteiger partial charge is 0.261 e. The van der Waals surface area contributed by atoms with Crippen LogP contribution in [-0.2, 0) is 10.0 Å². The van der Waals surface area contributed by atoms with Crippen LogP contribution in [0.5, 0.6) is 0 Å². The second-order valence-corrected chi connectivity index (χ2v) is 9.42. The fourth-order valence-electron chi connectivity index (χ4n) is 3.42. The lowest BCUT2D eigenvalue weighted by molar-refractivity contribution is 0.0943. The molecule has 0 saturated heterocycles. The molecule has 0 spiro atoms. The van der Waals surface area contributed by atoms with E-state index in [0.29, 0.717) is 23.2 Å². The van der Waals surface area contributed by atoms with Crippen LogP contribution in [-0.4, -0.2) is 20.9 Å². The number of amides is 1. The summed E-state index contributed by atoms with van der Waals surface area (Å²) in [4.78, 5) is 12.7. The quantitative estimate of drug-likeness (QED) is 0.707. The first-order valence-electron chi connectivity index (χ1n) is 9.52. The predicted molar refractivity (Wildman–Crippen MR) is 112 cm³/mol. The van der Waals surface area contributed by atoms with E-state index in [1.807, 2.05) is 6.92 Å². The Bertz CT molecular complexity index is 937. The average Bonchev–Trinajstić information content (AvgIpc) is 2.68. The summed E-state index contributed by atoms with van der Waals surface area (Å²) in [6, 6.07) is 11.1. The number of rotatable bonds is 6. The lowest BCUT2D eigenvalue weighted by Gasteiger charge is -2.21. The SMILES string of the molecule is Cc1ccc(S(=O)(=O)Nc2ccc(Cl)c(C(=O)NCC3CCCCC3)c2)cc1. The van der Waals surface area contributed by atoms with Crippen LogP contribution in [0.15, 0.2) is 47.4 Å². The summed E-state index contributed by atoms with van der Waals surface area (Å²) in [5.74, 6) is 0.214. The van der Waals surface area contributed by atoms with Crippen LogP contribution in [0.25, 0.3) is 0 Å². The summed E-state index contributed by atoms with van der Waals surface area (Å²) in [6.07, 6.45) is 5.93. The van der Waals surface area contributed by atoms with Gasteiger partial charge in [0, 0.05) is 12.2 Å². The second-order valence-electron chi connectivity index (χ2n) is 7.33. The van der Waals surface area contributed by atoms with Crippen LogP contribution in [0.1, 0.15) is 48.0 Å². The number of hydrogen-bond donors (Lipinski definition) is 2. The molecule has 2 aromatic carbocycles. The monoisotopic (exact) mass is 420 g/mol. The normalized spacial score (nSPS) is 15.2. The van der Waals surface area contributed by atoms with E-state index in [9.17, 15) is 13.2 Å². The average molecular weight is 421 g/mol. The van der Waals surface area contributed by atoms with Crippen molar-refractivity contribution in [1.29, 1.82) is 0 Å². The Labute approximate surface area is 171 Å². The lowest BCUT2D eigenvalue weighted by Crippen LogP contribution is -2.30. The van der Waals surface area contributed by atoms with Crippen LogP contribution in [0, 0.1) is 12.8 Å². The number of anilines is 1. The Balaban J connectivity index is 1.71. The number of hydrogen-bond acceptors (Lipinski definition) is 3. The molecule has 2 N–H and O–H groups in total. The molecule has 0 aliphatic heterocycles. The van der Waals surface area contributed by atoms with Crippen molar-refractivity contribution in [2.24, 2.45) is 5.92 Å². The third-order valence-electron chi connectivity index (χ3n) is 5.07. The molecule has 1 amide bonds. The third-order valence-corrected chi connectivity index (χ3v) is 6.80. The molecule has 1 fully saturated rings. The number of benzene rings is 2. The first-order valence-corrected chi connectivity index (χ1v) is 11.4. The minimum absolute atomic E-state index is 0.163. The number of sulfonamides is 1. The molecular weight excluding hydrogens is 396 g/mol. The van der Waals surface area contributed by atoms with Gasteiger partial charge < -0.3 is 5.32 Å². The molecule has 0 bridgehead atoms. The van der Waals surface area contributed by atoms with Gasteiger partial charge in [-0.2, -0.15) is 0 Å². The number of aryl methyl sites for hydroxylation is 1. The Morgan fingerprint density at radius 2 is 1.75 bits per heavy atom. The third kappa shape index (κ3) is 5.26. The standard InChI is InChI=1S/C21H25ClN2O3S/c1-15-7-10-18(11-8-15)28(26,27)24-17-9-12-20(22)19(13-17)21(25)23-14-16-5-3-2-4-6-16/h7-13,16,24H,2-6,14H2,1H3,(H,23,25). The van der Waals surface area contributed by atoms with Gasteiger partial charge in [-0.1, -0.05) is 48.6 Å². The van der Waals surface area contributed by atoms with Gasteiger partial charge in [0.25, 0.3) is 15.9 Å². The molecule has 3 rings (SSSR count). The summed E-state index contributed by atoms with van der Waals surface area (Å²) in [5.41, 5.74) is 1.54. The first-order chi connectivity index (χ1) is 13.3. The van der Waals surface area contributed by atoms with Gasteiger partial charge in [0.05, 0.1) is 15.5 Å². The van der Waals surface area contributed by atoms with Gasteiger partial charge in [0.15, 0.2) is 0 Å². The minimum Gasteiger partial charge on any atom is -0.352 e. The maximum Gasteiger partial charge on any atom is 0.261 e.